The third-order valence-electron chi connectivity index (χ3n) is 3.27. The molecule has 8 heteroatoms. The molecule has 1 N–H and O–H groups in total. The van der Waals surface area contributed by atoms with E-state index in [1.165, 1.54) is 18.3 Å². The zero-order valence-electron chi connectivity index (χ0n) is 12.4. The van der Waals surface area contributed by atoms with Gasteiger partial charge in [-0.2, -0.15) is 5.10 Å². The summed E-state index contributed by atoms with van der Waals surface area (Å²) in [5, 5.41) is 6.85. The van der Waals surface area contributed by atoms with Crippen LogP contribution in [-0.4, -0.2) is 30.4 Å². The molecule has 0 spiro atoms. The van der Waals surface area contributed by atoms with E-state index in [1.807, 2.05) is 6.92 Å². The van der Waals surface area contributed by atoms with E-state index >= 15 is 0 Å². The summed E-state index contributed by atoms with van der Waals surface area (Å²) in [6.07, 6.45) is 2.64. The smallest absolute Gasteiger partial charge is 0.256 e. The Morgan fingerprint density at radius 1 is 1.32 bits per heavy atom. The average Bonchev–Trinajstić information content (AvgIpc) is 2.78. The number of aryl methyl sites for hydroxylation is 1. The van der Waals surface area contributed by atoms with Crippen LogP contribution in [0.4, 0.5) is 0 Å². The molecule has 0 saturated heterocycles. The predicted molar refractivity (Wildman–Crippen MR) is 86.3 cm³/mol. The highest BCUT2D eigenvalue weighted by Gasteiger charge is 2.17. The van der Waals surface area contributed by atoms with Crippen molar-refractivity contribution in [2.45, 2.75) is 17.9 Å². The monoisotopic (exact) mass is 385 g/mol. The van der Waals surface area contributed by atoms with Crippen molar-refractivity contribution in [1.29, 1.82) is 0 Å². The van der Waals surface area contributed by atoms with Crippen LogP contribution in [-0.2, 0) is 16.9 Å². The minimum Gasteiger partial charge on any atom is -0.345 e. The molecule has 1 aromatic heterocycles. The molecule has 0 aliphatic carbocycles. The van der Waals surface area contributed by atoms with Gasteiger partial charge in [-0.3, -0.25) is 9.48 Å². The van der Waals surface area contributed by atoms with Gasteiger partial charge in [0.1, 0.15) is 4.60 Å². The number of sulfone groups is 1. The van der Waals surface area contributed by atoms with Crippen LogP contribution in [0.25, 0.3) is 0 Å². The van der Waals surface area contributed by atoms with E-state index in [1.54, 1.807) is 23.9 Å². The first-order valence-corrected chi connectivity index (χ1v) is 9.17. The molecule has 1 aromatic carbocycles. The number of benzene rings is 1. The summed E-state index contributed by atoms with van der Waals surface area (Å²) < 4.78 is 25.0. The molecule has 1 heterocycles. The van der Waals surface area contributed by atoms with Gasteiger partial charge in [0.25, 0.3) is 5.91 Å². The van der Waals surface area contributed by atoms with Crippen LogP contribution >= 0.6 is 15.9 Å². The fraction of sp³-hybridized carbons (Fsp3) is 0.286. The van der Waals surface area contributed by atoms with E-state index in [4.69, 9.17) is 0 Å². The molecule has 2 rings (SSSR count). The average molecular weight is 386 g/mol. The Morgan fingerprint density at radius 2 is 1.91 bits per heavy atom. The van der Waals surface area contributed by atoms with Crippen molar-refractivity contribution < 1.29 is 13.2 Å². The van der Waals surface area contributed by atoms with Crippen LogP contribution in [0.2, 0.25) is 0 Å². The number of carbonyl (C=O) groups excluding carboxylic acids is 1. The molecule has 6 nitrogen and oxygen atoms in total. The van der Waals surface area contributed by atoms with Gasteiger partial charge in [0.2, 0.25) is 0 Å². The number of amides is 1. The molecule has 1 atom stereocenters. The van der Waals surface area contributed by atoms with Crippen molar-refractivity contribution in [3.05, 3.63) is 46.2 Å². The molecule has 1 amide bonds. The second kappa shape index (κ2) is 6.21. The summed E-state index contributed by atoms with van der Waals surface area (Å²) in [5.74, 6) is -0.250. The van der Waals surface area contributed by atoms with Gasteiger partial charge in [-0.1, -0.05) is 12.1 Å². The van der Waals surface area contributed by atoms with Gasteiger partial charge >= 0.3 is 0 Å². The quantitative estimate of drug-likeness (QED) is 0.873. The van der Waals surface area contributed by atoms with E-state index in [2.05, 4.69) is 26.3 Å². The lowest BCUT2D eigenvalue weighted by molar-refractivity contribution is 0.0939. The number of halogens is 1. The fourth-order valence-corrected chi connectivity index (χ4v) is 2.94. The third-order valence-corrected chi connectivity index (χ3v) is 5.34. The second-order valence-corrected chi connectivity index (χ2v) is 7.78. The number of carbonyl (C=O) groups is 1. The molecule has 0 unspecified atom stereocenters. The lowest BCUT2D eigenvalue weighted by atomic mass is 10.1. The number of hydrogen-bond donors (Lipinski definition) is 1. The van der Waals surface area contributed by atoms with Gasteiger partial charge in [0.15, 0.2) is 9.84 Å². The second-order valence-electron chi connectivity index (χ2n) is 5.01. The van der Waals surface area contributed by atoms with Crippen LogP contribution in [0.15, 0.2) is 40.0 Å². The van der Waals surface area contributed by atoms with Crippen molar-refractivity contribution in [2.24, 2.45) is 7.05 Å². The number of nitrogens with zero attached hydrogens (tertiary/aromatic N) is 2. The first kappa shape index (κ1) is 16.7. The zero-order valence-corrected chi connectivity index (χ0v) is 14.8. The van der Waals surface area contributed by atoms with E-state index in [0.717, 1.165) is 11.8 Å². The summed E-state index contributed by atoms with van der Waals surface area (Å²) in [6, 6.07) is 6.20. The number of aromatic nitrogens is 2. The van der Waals surface area contributed by atoms with E-state index < -0.39 is 9.84 Å². The SMILES string of the molecule is C[C@H](NC(=O)c1cnn(C)c1Br)c1ccc(S(C)(=O)=O)cc1. The molecular formula is C14H16BrN3O3S. The minimum atomic E-state index is -3.22. The Hall–Kier alpha value is -1.67. The molecule has 0 fully saturated rings. The lowest BCUT2D eigenvalue weighted by Crippen LogP contribution is -2.26. The minimum absolute atomic E-state index is 0.250. The lowest BCUT2D eigenvalue weighted by Gasteiger charge is -2.14. The Labute approximate surface area is 137 Å². The Kier molecular flexibility index (Phi) is 4.72. The maximum atomic E-state index is 12.2. The number of rotatable bonds is 4. The first-order chi connectivity index (χ1) is 10.2. The summed E-state index contributed by atoms with van der Waals surface area (Å²) in [6.45, 7) is 1.83. The largest absolute Gasteiger partial charge is 0.345 e. The Balaban J connectivity index is 2.14. The highest BCUT2D eigenvalue weighted by molar-refractivity contribution is 9.10. The Morgan fingerprint density at radius 3 is 2.36 bits per heavy atom. The van der Waals surface area contributed by atoms with E-state index in [9.17, 15) is 13.2 Å². The summed E-state index contributed by atoms with van der Waals surface area (Å²) in [4.78, 5) is 12.5. The molecule has 0 aliphatic rings. The molecule has 0 aliphatic heterocycles. The standard InChI is InChI=1S/C14H16BrN3O3S/c1-9(10-4-6-11(7-5-10)22(3,20)21)17-14(19)12-8-16-18(2)13(12)15/h4-9H,1-3H3,(H,17,19)/t9-/m0/s1. The maximum Gasteiger partial charge on any atom is 0.256 e. The highest BCUT2D eigenvalue weighted by Crippen LogP contribution is 2.19. The van der Waals surface area contributed by atoms with E-state index in [0.29, 0.717) is 10.2 Å². The molecule has 118 valence electrons. The summed E-state index contributed by atoms with van der Waals surface area (Å²) in [7, 11) is -1.49. The van der Waals surface area contributed by atoms with Crippen molar-refractivity contribution in [3.8, 4) is 0 Å². The Bertz CT molecular complexity index is 797. The van der Waals surface area contributed by atoms with Crippen molar-refractivity contribution in [2.75, 3.05) is 6.26 Å². The zero-order chi connectivity index (χ0) is 16.5. The molecular weight excluding hydrogens is 370 g/mol. The normalized spacial score (nSPS) is 12.9. The predicted octanol–water partition coefficient (Wildman–Crippen LogP) is 2.08. The topological polar surface area (TPSA) is 81.1 Å². The van der Waals surface area contributed by atoms with Crippen molar-refractivity contribution in [1.82, 2.24) is 15.1 Å². The number of hydrogen-bond acceptors (Lipinski definition) is 4. The van der Waals surface area contributed by atoms with Crippen LogP contribution in [0, 0.1) is 0 Å². The fourth-order valence-electron chi connectivity index (χ4n) is 1.94. The van der Waals surface area contributed by atoms with E-state index in [-0.39, 0.29) is 16.8 Å². The van der Waals surface area contributed by atoms with Gasteiger partial charge in [-0.25, -0.2) is 8.42 Å². The van der Waals surface area contributed by atoms with Crippen molar-refractivity contribution >= 4 is 31.7 Å². The van der Waals surface area contributed by atoms with Crippen LogP contribution < -0.4 is 5.32 Å². The highest BCUT2D eigenvalue weighted by atomic mass is 79.9. The summed E-state index contributed by atoms with van der Waals surface area (Å²) >= 11 is 3.30. The van der Waals surface area contributed by atoms with Crippen molar-refractivity contribution in [3.63, 3.8) is 0 Å². The molecule has 0 bridgehead atoms. The van der Waals surface area contributed by atoms with Crippen LogP contribution in [0.1, 0.15) is 28.9 Å². The van der Waals surface area contributed by atoms with Gasteiger partial charge in [-0.05, 0) is 40.5 Å². The first-order valence-electron chi connectivity index (χ1n) is 6.48. The van der Waals surface area contributed by atoms with Crippen LogP contribution in [0.3, 0.4) is 0 Å². The maximum absolute atomic E-state index is 12.2. The molecule has 0 radical (unpaired) electrons. The molecule has 22 heavy (non-hydrogen) atoms. The van der Waals surface area contributed by atoms with Gasteiger partial charge < -0.3 is 5.32 Å². The van der Waals surface area contributed by atoms with Gasteiger partial charge in [-0.15, -0.1) is 0 Å². The third kappa shape index (κ3) is 3.56. The van der Waals surface area contributed by atoms with Gasteiger partial charge in [0.05, 0.1) is 22.7 Å². The molecule has 2 aromatic rings. The van der Waals surface area contributed by atoms with Crippen LogP contribution in [0.5, 0.6) is 0 Å². The summed E-state index contributed by atoms with van der Waals surface area (Å²) in [5.41, 5.74) is 1.27. The number of nitrogens with one attached hydrogen (secondary N) is 1. The van der Waals surface area contributed by atoms with Gasteiger partial charge in [0, 0.05) is 13.3 Å². The molecule has 0 saturated carbocycles.